The lowest BCUT2D eigenvalue weighted by molar-refractivity contribution is 0.0991. The maximum Gasteiger partial charge on any atom is 0.270 e. The summed E-state index contributed by atoms with van der Waals surface area (Å²) in [5.41, 5.74) is 5.25. The first-order chi connectivity index (χ1) is 7.70. The molecule has 5 heteroatoms. The van der Waals surface area contributed by atoms with Gasteiger partial charge in [0.05, 0.1) is 0 Å². The van der Waals surface area contributed by atoms with Crippen LogP contribution in [-0.4, -0.2) is 15.9 Å². The molecule has 2 N–H and O–H groups in total. The Bertz CT molecular complexity index is 528. The van der Waals surface area contributed by atoms with Crippen LogP contribution in [-0.2, 0) is 0 Å². The van der Waals surface area contributed by atoms with Crippen molar-refractivity contribution in [2.24, 2.45) is 5.73 Å². The average molecular weight is 217 g/mol. The SMILES string of the molecule is NC(=O)c1ncnc(-c2ccccc2)c1F. The van der Waals surface area contributed by atoms with Crippen LogP contribution >= 0.6 is 0 Å². The lowest BCUT2D eigenvalue weighted by atomic mass is 10.1. The summed E-state index contributed by atoms with van der Waals surface area (Å²) in [5, 5.41) is 0. The van der Waals surface area contributed by atoms with Crippen LogP contribution in [0.3, 0.4) is 0 Å². The minimum Gasteiger partial charge on any atom is -0.364 e. The average Bonchev–Trinajstić information content (AvgIpc) is 2.30. The van der Waals surface area contributed by atoms with Gasteiger partial charge >= 0.3 is 0 Å². The molecule has 4 nitrogen and oxygen atoms in total. The number of hydrogen-bond donors (Lipinski definition) is 1. The van der Waals surface area contributed by atoms with Gasteiger partial charge in [0.25, 0.3) is 5.91 Å². The van der Waals surface area contributed by atoms with E-state index < -0.39 is 17.4 Å². The van der Waals surface area contributed by atoms with E-state index in [0.717, 1.165) is 6.33 Å². The molecule has 0 spiro atoms. The number of primary amides is 1. The van der Waals surface area contributed by atoms with Gasteiger partial charge in [0, 0.05) is 5.56 Å². The molecule has 1 heterocycles. The Balaban J connectivity index is 2.59. The standard InChI is InChI=1S/C11H8FN3O/c12-8-9(7-4-2-1-3-5-7)14-6-15-10(8)11(13)16/h1-6H,(H2,13,16). The molecule has 2 rings (SSSR count). The van der Waals surface area contributed by atoms with E-state index in [1.807, 2.05) is 0 Å². The van der Waals surface area contributed by atoms with Crippen LogP contribution in [0.5, 0.6) is 0 Å². The highest BCUT2D eigenvalue weighted by Gasteiger charge is 2.16. The van der Waals surface area contributed by atoms with Crippen LogP contribution in [0.25, 0.3) is 11.3 Å². The Hall–Kier alpha value is -2.30. The largest absolute Gasteiger partial charge is 0.364 e. The van der Waals surface area contributed by atoms with Crippen LogP contribution in [0.1, 0.15) is 10.5 Å². The maximum absolute atomic E-state index is 13.8. The first kappa shape index (κ1) is 10.2. The molecule has 1 aromatic heterocycles. The molecule has 1 amide bonds. The molecular weight excluding hydrogens is 209 g/mol. The monoisotopic (exact) mass is 217 g/mol. The summed E-state index contributed by atoms with van der Waals surface area (Å²) in [7, 11) is 0. The highest BCUT2D eigenvalue weighted by atomic mass is 19.1. The van der Waals surface area contributed by atoms with E-state index in [2.05, 4.69) is 9.97 Å². The summed E-state index contributed by atoms with van der Waals surface area (Å²) in [5.74, 6) is -1.70. The number of rotatable bonds is 2. The summed E-state index contributed by atoms with van der Waals surface area (Å²) < 4.78 is 13.8. The van der Waals surface area contributed by atoms with Crippen molar-refractivity contribution in [2.75, 3.05) is 0 Å². The number of amides is 1. The Kier molecular flexibility index (Phi) is 2.59. The fourth-order valence-electron chi connectivity index (χ4n) is 1.34. The quantitative estimate of drug-likeness (QED) is 0.826. The second-order valence-corrected chi connectivity index (χ2v) is 3.12. The van der Waals surface area contributed by atoms with Gasteiger partial charge in [-0.3, -0.25) is 4.79 Å². The maximum atomic E-state index is 13.8. The molecule has 0 radical (unpaired) electrons. The van der Waals surface area contributed by atoms with Gasteiger partial charge in [-0.25, -0.2) is 14.4 Å². The second kappa shape index (κ2) is 4.06. The highest BCUT2D eigenvalue weighted by molar-refractivity contribution is 5.92. The summed E-state index contributed by atoms with van der Waals surface area (Å²) in [6.45, 7) is 0. The highest BCUT2D eigenvalue weighted by Crippen LogP contribution is 2.20. The number of carbonyl (C=O) groups excluding carboxylic acids is 1. The summed E-state index contributed by atoms with van der Waals surface area (Å²) in [4.78, 5) is 18.2. The van der Waals surface area contributed by atoms with E-state index in [0.29, 0.717) is 5.56 Å². The van der Waals surface area contributed by atoms with Crippen molar-refractivity contribution in [1.29, 1.82) is 0 Å². The van der Waals surface area contributed by atoms with E-state index in [4.69, 9.17) is 5.73 Å². The van der Waals surface area contributed by atoms with Gasteiger partial charge in [-0.2, -0.15) is 0 Å². The first-order valence-corrected chi connectivity index (χ1v) is 4.56. The van der Waals surface area contributed by atoms with Gasteiger partial charge in [-0.05, 0) is 0 Å². The van der Waals surface area contributed by atoms with E-state index >= 15 is 0 Å². The third-order valence-corrected chi connectivity index (χ3v) is 2.07. The van der Waals surface area contributed by atoms with Crippen molar-refractivity contribution in [1.82, 2.24) is 9.97 Å². The fourth-order valence-corrected chi connectivity index (χ4v) is 1.34. The predicted octanol–water partition coefficient (Wildman–Crippen LogP) is 1.38. The van der Waals surface area contributed by atoms with Gasteiger partial charge in [-0.15, -0.1) is 0 Å². The van der Waals surface area contributed by atoms with Crippen molar-refractivity contribution >= 4 is 5.91 Å². The third-order valence-electron chi connectivity index (χ3n) is 2.07. The van der Waals surface area contributed by atoms with Gasteiger partial charge < -0.3 is 5.73 Å². The molecule has 0 bridgehead atoms. The summed E-state index contributed by atoms with van der Waals surface area (Å²) in [6, 6.07) is 8.69. The third kappa shape index (κ3) is 1.75. The molecule has 0 aliphatic carbocycles. The normalized spacial score (nSPS) is 10.1. The molecule has 16 heavy (non-hydrogen) atoms. The summed E-state index contributed by atoms with van der Waals surface area (Å²) in [6.07, 6.45) is 1.12. The predicted molar refractivity (Wildman–Crippen MR) is 55.9 cm³/mol. The lowest BCUT2D eigenvalue weighted by Gasteiger charge is -2.03. The zero-order chi connectivity index (χ0) is 11.5. The van der Waals surface area contributed by atoms with Crippen LogP contribution in [0, 0.1) is 5.82 Å². The topological polar surface area (TPSA) is 68.9 Å². The molecular formula is C11H8FN3O. The number of halogens is 1. The molecule has 0 atom stereocenters. The van der Waals surface area contributed by atoms with Gasteiger partial charge in [0.1, 0.15) is 12.0 Å². The Morgan fingerprint density at radius 3 is 2.50 bits per heavy atom. The van der Waals surface area contributed by atoms with Crippen LogP contribution in [0.15, 0.2) is 36.7 Å². The van der Waals surface area contributed by atoms with Gasteiger partial charge in [0.15, 0.2) is 11.5 Å². The van der Waals surface area contributed by atoms with Crippen molar-refractivity contribution in [3.63, 3.8) is 0 Å². The van der Waals surface area contributed by atoms with Crippen molar-refractivity contribution < 1.29 is 9.18 Å². The summed E-state index contributed by atoms with van der Waals surface area (Å²) >= 11 is 0. The zero-order valence-electron chi connectivity index (χ0n) is 8.22. The minimum atomic E-state index is -0.905. The Morgan fingerprint density at radius 2 is 1.88 bits per heavy atom. The van der Waals surface area contributed by atoms with Crippen LogP contribution in [0.2, 0.25) is 0 Å². The van der Waals surface area contributed by atoms with Crippen molar-refractivity contribution in [3.8, 4) is 11.3 Å². The van der Waals surface area contributed by atoms with E-state index in [1.54, 1.807) is 30.3 Å². The zero-order valence-corrected chi connectivity index (χ0v) is 8.22. The van der Waals surface area contributed by atoms with Crippen LogP contribution in [0.4, 0.5) is 4.39 Å². The van der Waals surface area contributed by atoms with Gasteiger partial charge in [0.2, 0.25) is 0 Å². The molecule has 0 fully saturated rings. The molecule has 0 aliphatic heterocycles. The fraction of sp³-hybridized carbons (Fsp3) is 0. The second-order valence-electron chi connectivity index (χ2n) is 3.12. The van der Waals surface area contributed by atoms with Crippen LogP contribution < -0.4 is 5.73 Å². The molecule has 0 saturated carbocycles. The number of nitrogens with zero attached hydrogens (tertiary/aromatic N) is 2. The van der Waals surface area contributed by atoms with Crippen molar-refractivity contribution in [2.45, 2.75) is 0 Å². The Labute approximate surface area is 91.0 Å². The van der Waals surface area contributed by atoms with E-state index in [9.17, 15) is 9.18 Å². The van der Waals surface area contributed by atoms with E-state index in [1.165, 1.54) is 0 Å². The van der Waals surface area contributed by atoms with Gasteiger partial charge in [-0.1, -0.05) is 30.3 Å². The molecule has 0 aliphatic rings. The molecule has 80 valence electrons. The lowest BCUT2D eigenvalue weighted by Crippen LogP contribution is -2.16. The number of aromatic nitrogens is 2. The van der Waals surface area contributed by atoms with Crippen molar-refractivity contribution in [3.05, 3.63) is 48.2 Å². The number of carbonyl (C=O) groups is 1. The molecule has 1 aromatic carbocycles. The van der Waals surface area contributed by atoms with E-state index in [-0.39, 0.29) is 5.69 Å². The first-order valence-electron chi connectivity index (χ1n) is 4.56. The Morgan fingerprint density at radius 1 is 1.19 bits per heavy atom. The minimum absolute atomic E-state index is 0.0735. The molecule has 2 aromatic rings. The smallest absolute Gasteiger partial charge is 0.270 e. The molecule has 0 saturated heterocycles. The number of nitrogens with two attached hydrogens (primary N) is 1. The molecule has 0 unspecified atom stereocenters. The number of benzene rings is 1. The number of hydrogen-bond acceptors (Lipinski definition) is 3.